The van der Waals surface area contributed by atoms with Gasteiger partial charge in [0.25, 0.3) is 0 Å². The van der Waals surface area contributed by atoms with Crippen LogP contribution in [0.3, 0.4) is 0 Å². The normalized spacial score (nSPS) is 11.0. The zero-order valence-electron chi connectivity index (χ0n) is 12.1. The molecule has 0 heterocycles. The number of carbonyl (C=O) groups is 1. The highest BCUT2D eigenvalue weighted by atomic mass is 79.9. The van der Waals surface area contributed by atoms with Crippen LogP contribution < -0.4 is 5.32 Å². The molecule has 0 spiro atoms. The number of nitrogens with one attached hydrogen (secondary N) is 1. The smallest absolute Gasteiger partial charge is 0.408 e. The second kappa shape index (κ2) is 6.76. The van der Waals surface area contributed by atoms with Gasteiger partial charge in [-0.25, -0.2) is 4.79 Å². The van der Waals surface area contributed by atoms with Crippen LogP contribution in [0.2, 0.25) is 0 Å². The third-order valence-corrected chi connectivity index (χ3v) is 3.72. The van der Waals surface area contributed by atoms with Crippen molar-refractivity contribution in [2.45, 2.75) is 26.0 Å². The molecule has 21 heavy (non-hydrogen) atoms. The first-order chi connectivity index (χ1) is 9.97. The zero-order valence-corrected chi connectivity index (χ0v) is 13.7. The van der Waals surface area contributed by atoms with E-state index in [0.717, 1.165) is 15.6 Å². The summed E-state index contributed by atoms with van der Waals surface area (Å²) in [6.07, 6.45) is -0.424. The lowest BCUT2D eigenvalue weighted by molar-refractivity contribution is 0.129. The molecule has 3 nitrogen and oxygen atoms in total. The van der Waals surface area contributed by atoms with Crippen molar-refractivity contribution >= 4 is 22.0 Å². The number of hydrogen-bond donors (Lipinski definition) is 1. The first-order valence-corrected chi connectivity index (χ1v) is 7.51. The quantitative estimate of drug-likeness (QED) is 0.876. The molecule has 0 saturated heterocycles. The number of ether oxygens (including phenoxy) is 1. The van der Waals surface area contributed by atoms with E-state index in [4.69, 9.17) is 4.74 Å². The highest BCUT2D eigenvalue weighted by Crippen LogP contribution is 2.22. The Morgan fingerprint density at radius 3 is 2.33 bits per heavy atom. The molecule has 1 amide bonds. The molecule has 0 bridgehead atoms. The molecule has 2 aromatic rings. The van der Waals surface area contributed by atoms with Crippen LogP contribution in [0.5, 0.6) is 0 Å². The van der Waals surface area contributed by atoms with Crippen LogP contribution in [0.4, 0.5) is 4.79 Å². The van der Waals surface area contributed by atoms with Gasteiger partial charge in [-0.05, 0) is 37.1 Å². The fraction of sp³-hybridized carbons (Fsp3) is 0.235. The van der Waals surface area contributed by atoms with Gasteiger partial charge in [-0.1, -0.05) is 58.4 Å². The van der Waals surface area contributed by atoms with Crippen molar-refractivity contribution in [3.05, 3.63) is 70.2 Å². The Bertz CT molecular complexity index is 594. The predicted molar refractivity (Wildman–Crippen MR) is 86.9 cm³/mol. The minimum Gasteiger partial charge on any atom is -0.445 e. The molecule has 2 rings (SSSR count). The highest BCUT2D eigenvalue weighted by molar-refractivity contribution is 9.10. The zero-order chi connectivity index (χ0) is 15.3. The molecule has 2 aromatic carbocycles. The van der Waals surface area contributed by atoms with E-state index in [9.17, 15) is 4.79 Å². The van der Waals surface area contributed by atoms with Crippen molar-refractivity contribution in [1.29, 1.82) is 0 Å². The Hall–Kier alpha value is -1.81. The number of carbonyl (C=O) groups excluding carboxylic acids is 1. The Morgan fingerprint density at radius 1 is 1.10 bits per heavy atom. The monoisotopic (exact) mass is 347 g/mol. The molecule has 0 aliphatic heterocycles. The van der Waals surface area contributed by atoms with Crippen LogP contribution in [0.1, 0.15) is 25.0 Å². The second-order valence-corrected chi connectivity index (χ2v) is 6.23. The first kappa shape index (κ1) is 15.6. The van der Waals surface area contributed by atoms with Gasteiger partial charge in [-0.2, -0.15) is 0 Å². The number of amides is 1. The van der Waals surface area contributed by atoms with Gasteiger partial charge in [-0.15, -0.1) is 0 Å². The van der Waals surface area contributed by atoms with Crippen molar-refractivity contribution in [2.24, 2.45) is 0 Å². The minimum atomic E-state index is -0.492. The molecule has 0 aliphatic rings. The summed E-state index contributed by atoms with van der Waals surface area (Å²) in [7, 11) is 0. The van der Waals surface area contributed by atoms with Crippen LogP contribution in [0.25, 0.3) is 0 Å². The lowest BCUT2D eigenvalue weighted by atomic mass is 9.95. The van der Waals surface area contributed by atoms with Crippen LogP contribution in [0.15, 0.2) is 59.1 Å². The molecule has 0 atom stereocenters. The number of rotatable bonds is 4. The molecule has 0 unspecified atom stereocenters. The molecular weight excluding hydrogens is 330 g/mol. The van der Waals surface area contributed by atoms with E-state index < -0.39 is 11.6 Å². The van der Waals surface area contributed by atoms with E-state index in [1.807, 2.05) is 68.4 Å². The number of benzene rings is 2. The van der Waals surface area contributed by atoms with Gasteiger partial charge in [0, 0.05) is 4.47 Å². The molecular formula is C17H18BrNO2. The molecule has 0 fully saturated rings. The fourth-order valence-corrected chi connectivity index (χ4v) is 2.22. The third kappa shape index (κ3) is 4.60. The van der Waals surface area contributed by atoms with Gasteiger partial charge in [0.05, 0.1) is 5.54 Å². The Kier molecular flexibility index (Phi) is 5.02. The maximum Gasteiger partial charge on any atom is 0.408 e. The van der Waals surface area contributed by atoms with E-state index in [-0.39, 0.29) is 6.61 Å². The molecule has 0 aromatic heterocycles. The molecule has 0 radical (unpaired) electrons. The van der Waals surface area contributed by atoms with Crippen LogP contribution in [-0.2, 0) is 16.9 Å². The van der Waals surface area contributed by atoms with Gasteiger partial charge in [0.2, 0.25) is 0 Å². The molecule has 1 N–H and O–H groups in total. The van der Waals surface area contributed by atoms with Crippen molar-refractivity contribution < 1.29 is 9.53 Å². The predicted octanol–water partition coefficient (Wildman–Crippen LogP) is 4.61. The Morgan fingerprint density at radius 2 is 1.71 bits per heavy atom. The first-order valence-electron chi connectivity index (χ1n) is 6.72. The summed E-state index contributed by atoms with van der Waals surface area (Å²) >= 11 is 3.40. The van der Waals surface area contributed by atoms with E-state index >= 15 is 0 Å². The maximum absolute atomic E-state index is 11.9. The number of hydrogen-bond acceptors (Lipinski definition) is 2. The molecule has 0 aliphatic carbocycles. The SMILES string of the molecule is CC(C)(NC(=O)OCc1ccccc1)c1ccc(Br)cc1. The second-order valence-electron chi connectivity index (χ2n) is 5.32. The molecule has 4 heteroatoms. The number of alkyl carbamates (subject to hydrolysis) is 1. The largest absolute Gasteiger partial charge is 0.445 e. The lowest BCUT2D eigenvalue weighted by Gasteiger charge is -2.26. The lowest BCUT2D eigenvalue weighted by Crippen LogP contribution is -2.41. The summed E-state index contributed by atoms with van der Waals surface area (Å²) in [6.45, 7) is 4.16. The van der Waals surface area contributed by atoms with Gasteiger partial charge in [0.15, 0.2) is 0 Å². The van der Waals surface area contributed by atoms with Crippen LogP contribution in [-0.4, -0.2) is 6.09 Å². The maximum atomic E-state index is 11.9. The summed E-state index contributed by atoms with van der Waals surface area (Å²) in [4.78, 5) is 11.9. The van der Waals surface area contributed by atoms with E-state index in [2.05, 4.69) is 21.2 Å². The highest BCUT2D eigenvalue weighted by Gasteiger charge is 2.23. The van der Waals surface area contributed by atoms with Crippen LogP contribution in [0, 0.1) is 0 Å². The van der Waals surface area contributed by atoms with Gasteiger partial charge < -0.3 is 10.1 Å². The third-order valence-electron chi connectivity index (χ3n) is 3.19. The molecule has 110 valence electrons. The summed E-state index contributed by atoms with van der Waals surface area (Å²) < 4.78 is 6.26. The summed E-state index contributed by atoms with van der Waals surface area (Å²) in [6, 6.07) is 17.5. The van der Waals surface area contributed by atoms with Crippen molar-refractivity contribution in [2.75, 3.05) is 0 Å². The fourth-order valence-electron chi connectivity index (χ4n) is 1.95. The topological polar surface area (TPSA) is 38.3 Å². The van der Waals surface area contributed by atoms with E-state index in [1.165, 1.54) is 0 Å². The van der Waals surface area contributed by atoms with E-state index in [0.29, 0.717) is 0 Å². The average molecular weight is 348 g/mol. The summed E-state index contributed by atoms with van der Waals surface area (Å²) in [5.41, 5.74) is 1.49. The molecule has 0 saturated carbocycles. The summed E-state index contributed by atoms with van der Waals surface area (Å²) in [5.74, 6) is 0. The van der Waals surface area contributed by atoms with Crippen molar-refractivity contribution in [3.63, 3.8) is 0 Å². The van der Waals surface area contributed by atoms with Gasteiger partial charge >= 0.3 is 6.09 Å². The minimum absolute atomic E-state index is 0.267. The number of halogens is 1. The van der Waals surface area contributed by atoms with Gasteiger partial charge in [-0.3, -0.25) is 0 Å². The van der Waals surface area contributed by atoms with E-state index in [1.54, 1.807) is 0 Å². The van der Waals surface area contributed by atoms with Crippen molar-refractivity contribution in [3.8, 4) is 0 Å². The standard InChI is InChI=1S/C17H18BrNO2/c1-17(2,14-8-10-15(18)11-9-14)19-16(20)21-12-13-6-4-3-5-7-13/h3-11H,12H2,1-2H3,(H,19,20). The Labute approximate surface area is 133 Å². The van der Waals surface area contributed by atoms with Gasteiger partial charge in [0.1, 0.15) is 6.61 Å². The Balaban J connectivity index is 1.93. The van der Waals surface area contributed by atoms with Crippen LogP contribution >= 0.6 is 15.9 Å². The average Bonchev–Trinajstić information content (AvgIpc) is 2.46. The van der Waals surface area contributed by atoms with Crippen molar-refractivity contribution in [1.82, 2.24) is 5.32 Å². The summed E-state index contributed by atoms with van der Waals surface area (Å²) in [5, 5.41) is 2.89.